The molecule has 0 bridgehead atoms. The van der Waals surface area contributed by atoms with Crippen LogP contribution in [0.5, 0.6) is 0 Å². The molecule has 0 aromatic carbocycles. The summed E-state index contributed by atoms with van der Waals surface area (Å²) in [5.74, 6) is 3.94. The van der Waals surface area contributed by atoms with Crippen molar-refractivity contribution in [2.45, 2.75) is 182 Å². The van der Waals surface area contributed by atoms with Gasteiger partial charge in [-0.2, -0.15) is 0 Å². The smallest absolute Gasteiger partial charge is 0.0629 e. The maximum Gasteiger partial charge on any atom is 0.0629 e. The molecule has 1 rings (SSSR count). The van der Waals surface area contributed by atoms with Gasteiger partial charge in [0.05, 0.1) is 23.4 Å². The van der Waals surface area contributed by atoms with Crippen molar-refractivity contribution < 1.29 is 14.6 Å². The summed E-state index contributed by atoms with van der Waals surface area (Å²) in [7, 11) is 0.951. The van der Waals surface area contributed by atoms with Crippen molar-refractivity contribution >= 4 is 8.58 Å². The molecule has 0 aromatic rings. The molecule has 0 aliphatic heterocycles. The van der Waals surface area contributed by atoms with Crippen molar-refractivity contribution in [2.75, 3.05) is 19.9 Å². The van der Waals surface area contributed by atoms with Crippen LogP contribution in [-0.2, 0) is 9.47 Å². The van der Waals surface area contributed by atoms with Crippen molar-refractivity contribution in [3.63, 3.8) is 0 Å². The molecule has 40 heavy (non-hydrogen) atoms. The van der Waals surface area contributed by atoms with Crippen LogP contribution in [0.3, 0.4) is 0 Å². The van der Waals surface area contributed by atoms with Crippen molar-refractivity contribution in [3.8, 4) is 0 Å². The first-order valence-electron chi connectivity index (χ1n) is 17.0. The predicted molar refractivity (Wildman–Crippen MR) is 179 cm³/mol. The third-order valence-corrected chi connectivity index (χ3v) is 11.3. The number of hydrogen-bond donors (Lipinski definition) is 1. The van der Waals surface area contributed by atoms with E-state index in [1.165, 1.54) is 57.8 Å². The van der Waals surface area contributed by atoms with E-state index in [1.807, 2.05) is 13.8 Å². The molecule has 0 heterocycles. The van der Waals surface area contributed by atoms with Crippen LogP contribution in [0.2, 0.25) is 0 Å². The molecule has 0 amide bonds. The Morgan fingerprint density at radius 2 is 1.30 bits per heavy atom. The lowest BCUT2D eigenvalue weighted by atomic mass is 9.66. The maximum absolute atomic E-state index is 10.1. The maximum atomic E-state index is 10.1. The third kappa shape index (κ3) is 18.1. The van der Waals surface area contributed by atoms with E-state index in [1.54, 1.807) is 0 Å². The molecular weight excluding hydrogens is 511 g/mol. The van der Waals surface area contributed by atoms with Crippen LogP contribution in [0.15, 0.2) is 0 Å². The average Bonchev–Trinajstić information content (AvgIpc) is 2.78. The summed E-state index contributed by atoms with van der Waals surface area (Å²) < 4.78 is 13.0. The van der Waals surface area contributed by atoms with Crippen molar-refractivity contribution in [1.82, 2.24) is 0 Å². The summed E-state index contributed by atoms with van der Waals surface area (Å²) in [6, 6.07) is 0. The second kappa shape index (κ2) is 17.6. The van der Waals surface area contributed by atoms with E-state index < -0.39 is 5.60 Å². The lowest BCUT2D eigenvalue weighted by molar-refractivity contribution is -0.0797. The van der Waals surface area contributed by atoms with Crippen LogP contribution < -0.4 is 0 Å². The second-order valence-corrected chi connectivity index (χ2v) is 18.5. The Morgan fingerprint density at radius 3 is 1.85 bits per heavy atom. The van der Waals surface area contributed by atoms with Crippen LogP contribution in [0.1, 0.15) is 160 Å². The van der Waals surface area contributed by atoms with Gasteiger partial charge in [0.2, 0.25) is 0 Å². The number of hydrogen-bond acceptors (Lipinski definition) is 3. The van der Waals surface area contributed by atoms with Gasteiger partial charge >= 0.3 is 0 Å². The molecule has 5 unspecified atom stereocenters. The molecular formula is C36H73O3P. The van der Waals surface area contributed by atoms with Gasteiger partial charge in [-0.25, -0.2) is 0 Å². The molecule has 1 N–H and O–H groups in total. The average molecular weight is 585 g/mol. The van der Waals surface area contributed by atoms with Gasteiger partial charge in [-0.1, -0.05) is 79.6 Å². The minimum absolute atomic E-state index is 0.0887. The molecule has 1 aliphatic carbocycles. The Bertz CT molecular complexity index is 663. The molecule has 3 nitrogen and oxygen atoms in total. The summed E-state index contributed by atoms with van der Waals surface area (Å²) in [6.45, 7) is 28.6. The molecule has 1 aliphatic rings. The quantitative estimate of drug-likeness (QED) is 0.136. The largest absolute Gasteiger partial charge is 0.390 e. The van der Waals surface area contributed by atoms with Gasteiger partial charge in [-0.05, 0) is 121 Å². The summed E-state index contributed by atoms with van der Waals surface area (Å²) in [4.78, 5) is 0. The van der Waals surface area contributed by atoms with Gasteiger partial charge in [0.25, 0.3) is 0 Å². The van der Waals surface area contributed by atoms with Crippen LogP contribution in [0.25, 0.3) is 0 Å². The van der Waals surface area contributed by atoms with Gasteiger partial charge in [-0.15, -0.1) is 8.58 Å². The summed E-state index contributed by atoms with van der Waals surface area (Å²) >= 11 is 0. The molecule has 0 spiro atoms. The zero-order chi connectivity index (χ0) is 30.6. The van der Waals surface area contributed by atoms with E-state index in [0.29, 0.717) is 30.0 Å². The zero-order valence-electron chi connectivity index (χ0n) is 29.3. The van der Waals surface area contributed by atoms with Crippen LogP contribution in [0, 0.1) is 29.6 Å². The van der Waals surface area contributed by atoms with Crippen molar-refractivity contribution in [3.05, 3.63) is 0 Å². The molecule has 4 heteroatoms. The van der Waals surface area contributed by atoms with E-state index in [-0.39, 0.29) is 11.2 Å². The third-order valence-electron chi connectivity index (χ3n) is 9.65. The fourth-order valence-electron chi connectivity index (χ4n) is 6.64. The Morgan fingerprint density at radius 1 is 0.750 bits per heavy atom. The van der Waals surface area contributed by atoms with Gasteiger partial charge in [0.1, 0.15) is 0 Å². The van der Waals surface area contributed by atoms with Crippen LogP contribution >= 0.6 is 8.58 Å². The highest BCUT2D eigenvalue weighted by Gasteiger charge is 2.38. The first-order chi connectivity index (χ1) is 18.3. The monoisotopic (exact) mass is 585 g/mol. The Labute approximate surface area is 253 Å². The lowest BCUT2D eigenvalue weighted by Gasteiger charge is -2.43. The number of ether oxygens (including phenoxy) is 2. The Kier molecular flexibility index (Phi) is 16.8. The Hall–Kier alpha value is 0.310. The first-order valence-corrected chi connectivity index (χ1v) is 18.5. The minimum Gasteiger partial charge on any atom is -0.390 e. The SMILES string of the molecule is CPC(C)(C)CCOC(C)(C)CC1CC(CCCC(C)CCCC(C)C)CCC1CC(C)(C)OCCC(C)(C)O. The van der Waals surface area contributed by atoms with Crippen molar-refractivity contribution in [1.29, 1.82) is 0 Å². The van der Waals surface area contributed by atoms with Crippen LogP contribution in [-0.4, -0.2) is 46.9 Å². The van der Waals surface area contributed by atoms with E-state index >= 15 is 0 Å². The van der Waals surface area contributed by atoms with Gasteiger partial charge in [0, 0.05) is 6.61 Å². The molecule has 1 fully saturated rings. The van der Waals surface area contributed by atoms with E-state index in [9.17, 15) is 5.11 Å². The molecule has 240 valence electrons. The highest BCUT2D eigenvalue weighted by Crippen LogP contribution is 2.45. The molecule has 0 radical (unpaired) electrons. The predicted octanol–water partition coefficient (Wildman–Crippen LogP) is 10.7. The van der Waals surface area contributed by atoms with Gasteiger partial charge in [-0.3, -0.25) is 0 Å². The second-order valence-electron chi connectivity index (χ2n) is 16.6. The summed E-state index contributed by atoms with van der Waals surface area (Å²) in [5.41, 5.74) is -0.922. The fraction of sp³-hybridized carbons (Fsp3) is 1.00. The highest BCUT2D eigenvalue weighted by atomic mass is 31.1. The summed E-state index contributed by atoms with van der Waals surface area (Å²) in [6.07, 6.45) is 16.5. The number of rotatable bonds is 21. The normalized spacial score (nSPS) is 22.5. The minimum atomic E-state index is -0.670. The highest BCUT2D eigenvalue weighted by molar-refractivity contribution is 7.38. The number of aliphatic hydroxyl groups is 1. The van der Waals surface area contributed by atoms with E-state index in [4.69, 9.17) is 9.47 Å². The van der Waals surface area contributed by atoms with Crippen molar-refractivity contribution in [2.24, 2.45) is 29.6 Å². The first kappa shape index (κ1) is 38.3. The molecule has 0 saturated heterocycles. The van der Waals surface area contributed by atoms with Crippen LogP contribution in [0.4, 0.5) is 0 Å². The van der Waals surface area contributed by atoms with Gasteiger partial charge in [0.15, 0.2) is 0 Å². The standard InChI is InChI=1S/C36H73O3P/c1-28(2)15-13-16-29(3)17-14-18-30-19-20-31(26-34(6,7)38-23-21-33(4,5)37)32(25-30)27-35(8,9)39-24-22-36(10,11)40-12/h28-32,37,40H,13-27H2,1-12H3. The summed E-state index contributed by atoms with van der Waals surface area (Å²) in [5, 5.41) is 10.5. The molecule has 5 atom stereocenters. The molecule has 0 aromatic heterocycles. The topological polar surface area (TPSA) is 38.7 Å². The Balaban J connectivity index is 2.77. The van der Waals surface area contributed by atoms with E-state index in [0.717, 1.165) is 52.2 Å². The fourth-order valence-corrected chi connectivity index (χ4v) is 7.00. The zero-order valence-corrected chi connectivity index (χ0v) is 30.3. The lowest BCUT2D eigenvalue weighted by Crippen LogP contribution is -2.39. The van der Waals surface area contributed by atoms with E-state index in [2.05, 4.69) is 69.0 Å². The molecule has 1 saturated carbocycles. The van der Waals surface area contributed by atoms with Gasteiger partial charge < -0.3 is 14.6 Å².